The van der Waals surface area contributed by atoms with Gasteiger partial charge >= 0.3 is 12.1 Å². The first-order valence-electron chi connectivity index (χ1n) is 9.93. The molecule has 0 saturated carbocycles. The van der Waals surface area contributed by atoms with Crippen LogP contribution in [0.3, 0.4) is 0 Å². The van der Waals surface area contributed by atoms with Crippen LogP contribution in [0.5, 0.6) is 11.5 Å². The van der Waals surface area contributed by atoms with Crippen LogP contribution < -0.4 is 14.9 Å². The van der Waals surface area contributed by atoms with Crippen LogP contribution in [0.2, 0.25) is 5.02 Å². The predicted octanol–water partition coefficient (Wildman–Crippen LogP) is 6.29. The van der Waals surface area contributed by atoms with E-state index in [2.05, 4.69) is 0 Å². The summed E-state index contributed by atoms with van der Waals surface area (Å²) in [4.78, 5) is 25.3. The summed E-state index contributed by atoms with van der Waals surface area (Å²) in [5, 5.41) is 0.219. The molecule has 1 heterocycles. The molecule has 174 valence electrons. The minimum atomic E-state index is -4.94. The number of hydrogen-bond donors (Lipinski definition) is 0. The number of carbonyl (C=O) groups is 1. The Bertz CT molecular complexity index is 1410. The molecule has 5 nitrogen and oxygen atoms in total. The van der Waals surface area contributed by atoms with Gasteiger partial charge in [-0.1, -0.05) is 35.9 Å². The molecule has 0 amide bonds. The first kappa shape index (κ1) is 23.4. The molecule has 0 atom stereocenters. The van der Waals surface area contributed by atoms with Crippen molar-refractivity contribution in [3.05, 3.63) is 93.3 Å². The topological polar surface area (TPSA) is 65.7 Å². The van der Waals surface area contributed by atoms with Crippen LogP contribution in [0.1, 0.15) is 11.3 Å². The van der Waals surface area contributed by atoms with Gasteiger partial charge in [0.1, 0.15) is 17.1 Å². The second-order valence-electron chi connectivity index (χ2n) is 7.30. The molecule has 0 N–H and O–H groups in total. The summed E-state index contributed by atoms with van der Waals surface area (Å²) >= 11 is 5.82. The molecular weight excluding hydrogens is 473 g/mol. The normalized spacial score (nSPS) is 11.4. The summed E-state index contributed by atoms with van der Waals surface area (Å²) in [5.41, 5.74) is -1.18. The zero-order valence-electron chi connectivity index (χ0n) is 17.6. The summed E-state index contributed by atoms with van der Waals surface area (Å²) in [6, 6.07) is 15.8. The smallest absolute Gasteiger partial charge is 0.450 e. The van der Waals surface area contributed by atoms with E-state index in [1.165, 1.54) is 43.5 Å². The summed E-state index contributed by atoms with van der Waals surface area (Å²) in [6.45, 7) is 0. The quantitative estimate of drug-likeness (QED) is 0.244. The van der Waals surface area contributed by atoms with Crippen molar-refractivity contribution < 1.29 is 31.9 Å². The van der Waals surface area contributed by atoms with Crippen LogP contribution in [0.4, 0.5) is 13.2 Å². The van der Waals surface area contributed by atoms with Gasteiger partial charge in [0.15, 0.2) is 0 Å². The lowest BCUT2D eigenvalue weighted by Crippen LogP contribution is -2.16. The van der Waals surface area contributed by atoms with E-state index in [4.69, 9.17) is 25.5 Å². The van der Waals surface area contributed by atoms with Gasteiger partial charge in [-0.25, -0.2) is 0 Å². The van der Waals surface area contributed by atoms with Crippen molar-refractivity contribution in [3.63, 3.8) is 0 Å². The van der Waals surface area contributed by atoms with Gasteiger partial charge < -0.3 is 13.9 Å². The zero-order chi connectivity index (χ0) is 24.5. The molecule has 0 aliphatic carbocycles. The van der Waals surface area contributed by atoms with E-state index in [0.717, 1.165) is 6.07 Å². The Kier molecular flexibility index (Phi) is 6.34. The molecule has 3 aromatic carbocycles. The van der Waals surface area contributed by atoms with Gasteiger partial charge in [0.2, 0.25) is 11.2 Å². The number of alkyl halides is 3. The van der Waals surface area contributed by atoms with Crippen LogP contribution in [0, 0.1) is 0 Å². The van der Waals surface area contributed by atoms with Crippen molar-refractivity contribution >= 4 is 28.5 Å². The summed E-state index contributed by atoms with van der Waals surface area (Å²) in [7, 11) is 1.52. The second-order valence-corrected chi connectivity index (χ2v) is 7.73. The van der Waals surface area contributed by atoms with Crippen LogP contribution in [-0.2, 0) is 17.4 Å². The van der Waals surface area contributed by atoms with Gasteiger partial charge in [0.25, 0.3) is 0 Å². The van der Waals surface area contributed by atoms with Crippen molar-refractivity contribution in [1.82, 2.24) is 0 Å². The Balaban J connectivity index is 1.69. The number of halogens is 4. The third-order valence-corrected chi connectivity index (χ3v) is 5.25. The molecule has 0 radical (unpaired) electrons. The van der Waals surface area contributed by atoms with Crippen molar-refractivity contribution in [2.24, 2.45) is 0 Å². The number of benzene rings is 3. The van der Waals surface area contributed by atoms with Gasteiger partial charge in [0, 0.05) is 11.1 Å². The van der Waals surface area contributed by atoms with Gasteiger partial charge in [-0.15, -0.1) is 0 Å². The summed E-state index contributed by atoms with van der Waals surface area (Å²) < 4.78 is 56.8. The summed E-state index contributed by atoms with van der Waals surface area (Å²) in [5.74, 6) is -1.52. The van der Waals surface area contributed by atoms with Crippen molar-refractivity contribution in [3.8, 4) is 22.6 Å². The average Bonchev–Trinajstić information content (AvgIpc) is 2.79. The Hall–Kier alpha value is -3.78. The lowest BCUT2D eigenvalue weighted by atomic mass is 10.0. The molecule has 4 aromatic rings. The fourth-order valence-corrected chi connectivity index (χ4v) is 3.52. The van der Waals surface area contributed by atoms with Gasteiger partial charge in [0.05, 0.1) is 24.5 Å². The zero-order valence-corrected chi connectivity index (χ0v) is 18.4. The Morgan fingerprint density at radius 3 is 2.24 bits per heavy atom. The molecule has 4 rings (SSSR count). The van der Waals surface area contributed by atoms with E-state index in [9.17, 15) is 22.8 Å². The Morgan fingerprint density at radius 2 is 1.62 bits per heavy atom. The number of rotatable bonds is 5. The van der Waals surface area contributed by atoms with Crippen molar-refractivity contribution in [2.45, 2.75) is 12.6 Å². The summed E-state index contributed by atoms with van der Waals surface area (Å²) in [6.07, 6.45) is -5.02. The van der Waals surface area contributed by atoms with Crippen LogP contribution in [0.25, 0.3) is 22.1 Å². The highest BCUT2D eigenvalue weighted by Gasteiger charge is 2.39. The first-order chi connectivity index (χ1) is 16.2. The third-order valence-electron chi connectivity index (χ3n) is 4.99. The molecule has 34 heavy (non-hydrogen) atoms. The molecule has 9 heteroatoms. The third kappa shape index (κ3) is 4.92. The molecule has 0 unspecified atom stereocenters. The molecule has 1 aromatic heterocycles. The largest absolute Gasteiger partial charge is 0.497 e. The SMILES string of the molecule is COc1ccc(CC(=O)Oc2ccc3c(=O)c(-c4ccc(Cl)cc4)c(C(F)(F)F)oc3c2)cc1. The van der Waals surface area contributed by atoms with Crippen LogP contribution in [0.15, 0.2) is 75.9 Å². The van der Waals surface area contributed by atoms with E-state index < -0.39 is 28.9 Å². The van der Waals surface area contributed by atoms with E-state index in [-0.39, 0.29) is 28.7 Å². The molecule has 0 aliphatic rings. The van der Waals surface area contributed by atoms with Crippen LogP contribution in [-0.4, -0.2) is 13.1 Å². The highest BCUT2D eigenvalue weighted by atomic mass is 35.5. The highest BCUT2D eigenvalue weighted by molar-refractivity contribution is 6.30. The molecule has 0 spiro atoms. The maximum absolute atomic E-state index is 13.8. The molecule has 0 fully saturated rings. The maximum Gasteiger partial charge on any atom is 0.450 e. The van der Waals surface area contributed by atoms with Gasteiger partial charge in [-0.2, -0.15) is 13.2 Å². The fraction of sp³-hybridized carbons (Fsp3) is 0.120. The number of fused-ring (bicyclic) bond motifs is 1. The Labute approximate surface area is 196 Å². The monoisotopic (exact) mass is 488 g/mol. The second kappa shape index (κ2) is 9.23. The van der Waals surface area contributed by atoms with E-state index in [1.807, 2.05) is 0 Å². The minimum Gasteiger partial charge on any atom is -0.497 e. The molecule has 0 aliphatic heterocycles. The lowest BCUT2D eigenvalue weighted by molar-refractivity contribution is -0.152. The number of ether oxygens (including phenoxy) is 2. The number of carbonyl (C=O) groups excluding carboxylic acids is 1. The Morgan fingerprint density at radius 1 is 0.971 bits per heavy atom. The van der Waals surface area contributed by atoms with E-state index >= 15 is 0 Å². The van der Waals surface area contributed by atoms with Gasteiger partial charge in [-0.3, -0.25) is 9.59 Å². The molecule has 0 bridgehead atoms. The van der Waals surface area contributed by atoms with E-state index in [0.29, 0.717) is 16.3 Å². The van der Waals surface area contributed by atoms with Crippen molar-refractivity contribution in [2.75, 3.05) is 7.11 Å². The maximum atomic E-state index is 13.8. The number of methoxy groups -OCH3 is 1. The average molecular weight is 489 g/mol. The van der Waals surface area contributed by atoms with Crippen molar-refractivity contribution in [1.29, 1.82) is 0 Å². The predicted molar refractivity (Wildman–Crippen MR) is 120 cm³/mol. The van der Waals surface area contributed by atoms with E-state index in [1.54, 1.807) is 24.3 Å². The van der Waals surface area contributed by atoms with Gasteiger partial charge in [-0.05, 0) is 47.5 Å². The lowest BCUT2D eigenvalue weighted by Gasteiger charge is -2.13. The van der Waals surface area contributed by atoms with Crippen LogP contribution >= 0.6 is 11.6 Å². The standard InChI is InChI=1S/C25H16ClF3O5/c1-32-17-8-2-14(3-9-17)12-21(30)33-18-10-11-19-20(13-18)34-24(25(27,28)29)22(23(19)31)15-4-6-16(26)7-5-15/h2-11,13H,12H2,1H3. The number of esters is 1. The molecular formula is C25H16ClF3O5. The number of hydrogen-bond acceptors (Lipinski definition) is 5. The minimum absolute atomic E-state index is 0.0161. The molecule has 0 saturated heterocycles. The first-order valence-corrected chi connectivity index (χ1v) is 10.3. The fourth-order valence-electron chi connectivity index (χ4n) is 3.39. The highest BCUT2D eigenvalue weighted by Crippen LogP contribution is 2.38.